The van der Waals surface area contributed by atoms with Crippen molar-refractivity contribution < 1.29 is 9.53 Å². The molecule has 3 rings (SSSR count). The molecule has 23 heavy (non-hydrogen) atoms. The van der Waals surface area contributed by atoms with Crippen LogP contribution in [0, 0.1) is 0 Å². The number of nitrogens with zero attached hydrogens (tertiary/aromatic N) is 1. The van der Waals surface area contributed by atoms with Gasteiger partial charge in [0.1, 0.15) is 11.3 Å². The number of ether oxygens (including phenoxy) is 1. The van der Waals surface area contributed by atoms with E-state index < -0.39 is 8.07 Å². The van der Waals surface area contributed by atoms with E-state index in [0.717, 1.165) is 18.2 Å². The molecule has 6 heteroatoms. The molecule has 1 atom stereocenters. The Hall–Kier alpha value is -1.82. The van der Waals surface area contributed by atoms with E-state index in [4.69, 9.17) is 4.74 Å². The summed E-state index contributed by atoms with van der Waals surface area (Å²) in [6, 6.07) is 8.53. The van der Waals surface area contributed by atoms with Crippen molar-refractivity contribution in [3.8, 4) is 5.88 Å². The number of pyridine rings is 1. The fourth-order valence-corrected chi connectivity index (χ4v) is 5.83. The number of nitrogens with one attached hydrogen (secondary N) is 2. The molecule has 5 nitrogen and oxygen atoms in total. The van der Waals surface area contributed by atoms with Gasteiger partial charge < -0.3 is 15.0 Å². The van der Waals surface area contributed by atoms with Crippen LogP contribution in [0.1, 0.15) is 29.8 Å². The van der Waals surface area contributed by atoms with Gasteiger partial charge in [0.15, 0.2) is 0 Å². The molecule has 1 aliphatic rings. The van der Waals surface area contributed by atoms with Gasteiger partial charge in [-0.1, -0.05) is 31.6 Å². The highest BCUT2D eigenvalue weighted by atomic mass is 28.3. The first kappa shape index (κ1) is 16.0. The summed E-state index contributed by atoms with van der Waals surface area (Å²) in [6.45, 7) is 4.90. The van der Waals surface area contributed by atoms with E-state index in [9.17, 15) is 4.79 Å². The van der Waals surface area contributed by atoms with E-state index in [1.807, 2.05) is 12.1 Å². The van der Waals surface area contributed by atoms with Crippen molar-refractivity contribution in [3.63, 3.8) is 0 Å². The third kappa shape index (κ3) is 3.75. The van der Waals surface area contributed by atoms with E-state index in [1.165, 1.54) is 18.5 Å². The van der Waals surface area contributed by atoms with E-state index in [-0.39, 0.29) is 5.91 Å². The maximum absolute atomic E-state index is 12.5. The Morgan fingerprint density at radius 2 is 2.17 bits per heavy atom. The smallest absolute Gasteiger partial charge is 0.267 e. The summed E-state index contributed by atoms with van der Waals surface area (Å²) in [6.07, 6.45) is 3.43. The lowest BCUT2D eigenvalue weighted by atomic mass is 10.1. The number of aromatic amines is 1. The molecular weight excluding hydrogens is 306 g/mol. The van der Waals surface area contributed by atoms with Crippen LogP contribution in [-0.4, -0.2) is 37.1 Å². The third-order valence-corrected chi connectivity index (χ3v) is 8.17. The molecule has 3 heterocycles. The minimum absolute atomic E-state index is 0.0339. The van der Waals surface area contributed by atoms with E-state index in [0.29, 0.717) is 23.3 Å². The topological polar surface area (TPSA) is 67.0 Å². The van der Waals surface area contributed by atoms with Crippen molar-refractivity contribution in [3.05, 3.63) is 23.9 Å². The van der Waals surface area contributed by atoms with E-state index in [1.54, 1.807) is 13.2 Å². The largest absolute Gasteiger partial charge is 0.481 e. The van der Waals surface area contributed by atoms with Crippen molar-refractivity contribution >= 4 is 25.0 Å². The number of hydrogen-bond donors (Lipinski definition) is 2. The minimum atomic E-state index is -1.03. The molecule has 2 aromatic heterocycles. The highest BCUT2D eigenvalue weighted by Gasteiger charge is 2.27. The zero-order valence-corrected chi connectivity index (χ0v) is 15.1. The summed E-state index contributed by atoms with van der Waals surface area (Å²) in [5.41, 5.74) is 1.26. The zero-order valence-electron chi connectivity index (χ0n) is 14.1. The first-order valence-corrected chi connectivity index (χ1v) is 11.7. The minimum Gasteiger partial charge on any atom is -0.481 e. The summed E-state index contributed by atoms with van der Waals surface area (Å²) in [4.78, 5) is 19.9. The predicted molar refractivity (Wildman–Crippen MR) is 94.8 cm³/mol. The second kappa shape index (κ2) is 6.35. The monoisotopic (exact) mass is 331 g/mol. The number of aromatic nitrogens is 2. The molecule has 0 bridgehead atoms. The standard InChI is InChI=1S/C17H25N3O2Si/c1-22-15-7-6-12-11-14(19-16(12)20-15)17(21)18-13-5-4-9-23(2,3)10-8-13/h6-7,11,13H,4-5,8-10H2,1-3H3,(H,18,21)(H,19,20). The van der Waals surface area contributed by atoms with Crippen molar-refractivity contribution in [1.82, 2.24) is 15.3 Å². The van der Waals surface area contributed by atoms with Gasteiger partial charge in [0.25, 0.3) is 5.91 Å². The Morgan fingerprint density at radius 3 is 2.96 bits per heavy atom. The second-order valence-electron chi connectivity index (χ2n) is 7.24. The van der Waals surface area contributed by atoms with Crippen LogP contribution < -0.4 is 10.1 Å². The molecule has 1 amide bonds. The van der Waals surface area contributed by atoms with Crippen LogP contribution in [-0.2, 0) is 0 Å². The fraction of sp³-hybridized carbons (Fsp3) is 0.529. The van der Waals surface area contributed by atoms with Crippen LogP contribution >= 0.6 is 0 Å². The Bertz CT molecular complexity index is 711. The Morgan fingerprint density at radius 1 is 1.35 bits per heavy atom. The predicted octanol–water partition coefficient (Wildman–Crippen LogP) is 3.56. The van der Waals surface area contributed by atoms with Gasteiger partial charge in [0.05, 0.1) is 7.11 Å². The molecule has 0 saturated carbocycles. The molecule has 2 N–H and O–H groups in total. The summed E-state index contributed by atoms with van der Waals surface area (Å²) in [7, 11) is 0.552. The van der Waals surface area contributed by atoms with Crippen molar-refractivity contribution in [2.45, 2.75) is 50.5 Å². The summed E-state index contributed by atoms with van der Waals surface area (Å²) >= 11 is 0. The number of H-pyrrole nitrogens is 1. The molecule has 0 aliphatic carbocycles. The third-order valence-electron chi connectivity index (χ3n) is 4.82. The van der Waals surface area contributed by atoms with Crippen molar-refractivity contribution in [1.29, 1.82) is 0 Å². The van der Waals surface area contributed by atoms with Gasteiger partial charge in [-0.05, 0) is 25.0 Å². The summed E-state index contributed by atoms with van der Waals surface area (Å²) in [5.74, 6) is 0.510. The van der Waals surface area contributed by atoms with Gasteiger partial charge >= 0.3 is 0 Å². The molecule has 2 aromatic rings. The van der Waals surface area contributed by atoms with Crippen LogP contribution in [0.15, 0.2) is 18.2 Å². The Kier molecular flexibility index (Phi) is 4.43. The van der Waals surface area contributed by atoms with Gasteiger partial charge in [-0.2, -0.15) is 4.98 Å². The van der Waals surface area contributed by atoms with Crippen molar-refractivity contribution in [2.75, 3.05) is 7.11 Å². The van der Waals surface area contributed by atoms with Crippen molar-refractivity contribution in [2.24, 2.45) is 0 Å². The molecule has 0 spiro atoms. The number of fused-ring (bicyclic) bond motifs is 1. The highest BCUT2D eigenvalue weighted by molar-refractivity contribution is 6.77. The van der Waals surface area contributed by atoms with Gasteiger partial charge in [-0.25, -0.2) is 0 Å². The van der Waals surface area contributed by atoms with Crippen LogP contribution in [0.5, 0.6) is 5.88 Å². The van der Waals surface area contributed by atoms with E-state index in [2.05, 4.69) is 28.4 Å². The lowest BCUT2D eigenvalue weighted by Gasteiger charge is -2.19. The maximum Gasteiger partial charge on any atom is 0.267 e. The molecule has 0 aromatic carbocycles. The first-order chi connectivity index (χ1) is 11.0. The number of hydrogen-bond acceptors (Lipinski definition) is 3. The number of rotatable bonds is 3. The number of amides is 1. The van der Waals surface area contributed by atoms with Gasteiger partial charge in [-0.3, -0.25) is 4.79 Å². The zero-order chi connectivity index (χ0) is 16.4. The SMILES string of the molecule is COc1ccc2cc(C(=O)NC3CCC[Si](C)(C)CC3)[nH]c2n1. The Balaban J connectivity index is 1.70. The molecule has 1 saturated heterocycles. The number of methoxy groups -OCH3 is 1. The van der Waals surface area contributed by atoms with Gasteiger partial charge in [-0.15, -0.1) is 0 Å². The molecule has 0 radical (unpaired) electrons. The first-order valence-electron chi connectivity index (χ1n) is 8.31. The normalized spacial score (nSPS) is 20.9. The van der Waals surface area contributed by atoms with Gasteiger partial charge in [0.2, 0.25) is 5.88 Å². The molecule has 1 unspecified atom stereocenters. The molecule has 1 fully saturated rings. The second-order valence-corrected chi connectivity index (χ2v) is 12.6. The quantitative estimate of drug-likeness (QED) is 0.845. The molecule has 1 aliphatic heterocycles. The maximum atomic E-state index is 12.5. The van der Waals surface area contributed by atoms with Crippen LogP contribution in [0.25, 0.3) is 11.0 Å². The van der Waals surface area contributed by atoms with Crippen LogP contribution in [0.2, 0.25) is 25.2 Å². The average molecular weight is 331 g/mol. The number of carbonyl (C=O) groups is 1. The lowest BCUT2D eigenvalue weighted by Crippen LogP contribution is -2.35. The summed E-state index contributed by atoms with van der Waals surface area (Å²) in [5, 5.41) is 4.12. The Labute approximate surface area is 137 Å². The molecule has 124 valence electrons. The van der Waals surface area contributed by atoms with Crippen LogP contribution in [0.4, 0.5) is 0 Å². The summed E-state index contributed by atoms with van der Waals surface area (Å²) < 4.78 is 5.12. The lowest BCUT2D eigenvalue weighted by molar-refractivity contribution is 0.0930. The molecular formula is C17H25N3O2Si. The number of carbonyl (C=O) groups excluding carboxylic acids is 1. The van der Waals surface area contributed by atoms with E-state index >= 15 is 0 Å². The van der Waals surface area contributed by atoms with Crippen LogP contribution in [0.3, 0.4) is 0 Å². The fourth-order valence-electron chi connectivity index (χ4n) is 3.29. The average Bonchev–Trinajstić information content (AvgIpc) is 2.87. The van der Waals surface area contributed by atoms with Gasteiger partial charge in [0, 0.05) is 25.6 Å². The highest BCUT2D eigenvalue weighted by Crippen LogP contribution is 2.27.